The van der Waals surface area contributed by atoms with E-state index in [1.54, 1.807) is 13.3 Å². The molecule has 4 aromatic rings. The van der Waals surface area contributed by atoms with Crippen molar-refractivity contribution in [1.29, 1.82) is 0 Å². The van der Waals surface area contributed by atoms with Gasteiger partial charge in [0.15, 0.2) is 5.82 Å². The first kappa shape index (κ1) is 25.1. The van der Waals surface area contributed by atoms with Gasteiger partial charge in [0.2, 0.25) is 11.8 Å². The first-order valence-electron chi connectivity index (χ1n) is 13.3. The van der Waals surface area contributed by atoms with E-state index >= 15 is 4.39 Å². The van der Waals surface area contributed by atoms with Crippen LogP contribution in [0.4, 0.5) is 27.4 Å². The van der Waals surface area contributed by atoms with E-state index in [1.807, 2.05) is 6.92 Å². The van der Waals surface area contributed by atoms with Gasteiger partial charge in [0.25, 0.3) is 0 Å². The van der Waals surface area contributed by atoms with Gasteiger partial charge in [0.1, 0.15) is 18.0 Å². The number of aromatic nitrogens is 3. The van der Waals surface area contributed by atoms with Crippen molar-refractivity contribution < 1.29 is 13.9 Å². The number of likely N-dealkylation sites (N-methyl/N-ethyl adjacent to an activating group) is 1. The Bertz CT molecular complexity index is 1710. The maximum atomic E-state index is 15.7. The van der Waals surface area contributed by atoms with Gasteiger partial charge in [-0.2, -0.15) is 0 Å². The zero-order chi connectivity index (χ0) is 27.8. The predicted octanol–water partition coefficient (Wildman–Crippen LogP) is 5.41. The second-order valence-corrected chi connectivity index (χ2v) is 11.3. The third kappa shape index (κ3) is 3.81. The van der Waals surface area contributed by atoms with Crippen LogP contribution in [0, 0.1) is 12.7 Å². The van der Waals surface area contributed by atoms with Crippen LogP contribution in [0.3, 0.4) is 0 Å². The van der Waals surface area contributed by atoms with Crippen LogP contribution in [0.25, 0.3) is 22.0 Å². The highest BCUT2D eigenvalue weighted by molar-refractivity contribution is 6.38. The van der Waals surface area contributed by atoms with E-state index in [1.165, 1.54) is 30.2 Å². The topological polar surface area (TPSA) is 110 Å². The Kier molecular flexibility index (Phi) is 5.69. The van der Waals surface area contributed by atoms with E-state index in [-0.39, 0.29) is 21.7 Å². The number of nitrogen functional groups attached to an aromatic ring is 1. The Labute approximate surface area is 235 Å². The standard InChI is InChI=1S/C29H29ClFN7O2/c1-14-16(10-34-27-25(14)33-6-7-40-27)21-22(30)26-17(24(32)23(21)31)11-35-28(37-26)36-19-8-15-12-38(2)13-29(4-5-29)18(15)9-20(19)39-3/h8-11,33H,4-7,12-13,32H2,1-3H3,(H,35,36,37). The van der Waals surface area contributed by atoms with Gasteiger partial charge in [-0.1, -0.05) is 11.6 Å². The van der Waals surface area contributed by atoms with Gasteiger partial charge < -0.3 is 30.7 Å². The van der Waals surface area contributed by atoms with Crippen LogP contribution in [0.15, 0.2) is 24.5 Å². The molecule has 1 fully saturated rings. The summed E-state index contributed by atoms with van der Waals surface area (Å²) in [5.41, 5.74) is 12.2. The molecule has 0 amide bonds. The lowest BCUT2D eigenvalue weighted by atomic mass is 9.86. The van der Waals surface area contributed by atoms with E-state index in [9.17, 15) is 0 Å². The molecular formula is C29H29ClFN7O2. The van der Waals surface area contributed by atoms with Crippen LogP contribution in [0.2, 0.25) is 5.02 Å². The average Bonchev–Trinajstić information content (AvgIpc) is 3.72. The smallest absolute Gasteiger partial charge is 0.237 e. The molecule has 4 N–H and O–H groups in total. The molecule has 3 aliphatic rings. The van der Waals surface area contributed by atoms with Gasteiger partial charge in [0.05, 0.1) is 29.0 Å². The second kappa shape index (κ2) is 9.07. The highest BCUT2D eigenvalue weighted by Crippen LogP contribution is 2.54. The fourth-order valence-corrected chi connectivity index (χ4v) is 6.48. The lowest BCUT2D eigenvalue weighted by Gasteiger charge is -2.33. The third-order valence-electron chi connectivity index (χ3n) is 8.29. The molecule has 0 bridgehead atoms. The number of ether oxygens (including phenoxy) is 2. The Morgan fingerprint density at radius 3 is 2.85 bits per heavy atom. The van der Waals surface area contributed by atoms with Crippen LogP contribution in [-0.4, -0.2) is 53.7 Å². The van der Waals surface area contributed by atoms with E-state index in [0.29, 0.717) is 52.9 Å². The second-order valence-electron chi connectivity index (χ2n) is 10.9. The maximum absolute atomic E-state index is 15.7. The highest BCUT2D eigenvalue weighted by Gasteiger charge is 2.48. The van der Waals surface area contributed by atoms with Crippen molar-refractivity contribution in [2.75, 3.05) is 50.2 Å². The summed E-state index contributed by atoms with van der Waals surface area (Å²) < 4.78 is 27.1. The normalized spacial score (nSPS) is 17.1. The summed E-state index contributed by atoms with van der Waals surface area (Å²) in [6.07, 6.45) is 5.42. The third-order valence-corrected chi connectivity index (χ3v) is 8.66. The Morgan fingerprint density at radius 1 is 1.25 bits per heavy atom. The summed E-state index contributed by atoms with van der Waals surface area (Å²) in [7, 11) is 3.81. The Hall–Kier alpha value is -3.89. The van der Waals surface area contributed by atoms with Crippen molar-refractivity contribution in [3.05, 3.63) is 52.1 Å². The lowest BCUT2D eigenvalue weighted by molar-refractivity contribution is 0.270. The number of anilines is 4. The molecule has 0 radical (unpaired) electrons. The van der Waals surface area contributed by atoms with Crippen molar-refractivity contribution in [2.45, 2.75) is 31.7 Å². The summed E-state index contributed by atoms with van der Waals surface area (Å²) in [5, 5.41) is 7.04. The molecule has 9 nitrogen and oxygen atoms in total. The molecule has 206 valence electrons. The minimum atomic E-state index is -0.641. The average molecular weight is 562 g/mol. The van der Waals surface area contributed by atoms with Crippen LogP contribution in [0.5, 0.6) is 11.6 Å². The van der Waals surface area contributed by atoms with Gasteiger partial charge in [0, 0.05) is 54.0 Å². The summed E-state index contributed by atoms with van der Waals surface area (Å²) in [5.74, 6) is 0.849. The minimum absolute atomic E-state index is 0.0774. The number of rotatable bonds is 4. The number of hydrogen-bond donors (Lipinski definition) is 3. The number of nitrogens with zero attached hydrogens (tertiary/aromatic N) is 4. The molecule has 40 heavy (non-hydrogen) atoms. The van der Waals surface area contributed by atoms with Crippen molar-refractivity contribution in [3.63, 3.8) is 0 Å². The molecule has 1 spiro atoms. The number of fused-ring (bicyclic) bond motifs is 4. The van der Waals surface area contributed by atoms with E-state index < -0.39 is 5.82 Å². The SMILES string of the molecule is COc1cc2c(cc1Nc1ncc3c(N)c(F)c(-c4cnc5c(c4C)NCCO5)c(Cl)c3n1)CN(C)CC21CC1. The maximum Gasteiger partial charge on any atom is 0.237 e. The van der Waals surface area contributed by atoms with Gasteiger partial charge in [-0.05, 0) is 55.6 Å². The number of halogens is 2. The van der Waals surface area contributed by atoms with Gasteiger partial charge in [-0.15, -0.1) is 0 Å². The first-order valence-corrected chi connectivity index (χ1v) is 13.6. The summed E-state index contributed by atoms with van der Waals surface area (Å²) in [6, 6.07) is 4.25. The number of nitrogens with two attached hydrogens (primary N) is 1. The summed E-state index contributed by atoms with van der Waals surface area (Å²) in [6.45, 7) is 4.92. The molecule has 1 aliphatic carbocycles. The largest absolute Gasteiger partial charge is 0.495 e. The van der Waals surface area contributed by atoms with Crippen molar-refractivity contribution in [3.8, 4) is 22.8 Å². The van der Waals surface area contributed by atoms with Gasteiger partial charge in [-0.3, -0.25) is 0 Å². The fraction of sp³-hybridized carbons (Fsp3) is 0.345. The van der Waals surface area contributed by atoms with Gasteiger partial charge in [-0.25, -0.2) is 19.3 Å². The van der Waals surface area contributed by atoms with Crippen LogP contribution >= 0.6 is 11.6 Å². The molecule has 7 rings (SSSR count). The molecule has 11 heteroatoms. The first-order chi connectivity index (χ1) is 19.3. The molecule has 4 heterocycles. The van der Waals surface area contributed by atoms with Crippen molar-refractivity contribution in [1.82, 2.24) is 19.9 Å². The van der Waals surface area contributed by atoms with E-state index in [4.69, 9.17) is 31.8 Å². The predicted molar refractivity (Wildman–Crippen MR) is 154 cm³/mol. The van der Waals surface area contributed by atoms with E-state index in [2.05, 4.69) is 44.7 Å². The molecule has 2 aromatic heterocycles. The number of benzene rings is 2. The zero-order valence-electron chi connectivity index (χ0n) is 22.5. The van der Waals surface area contributed by atoms with Crippen LogP contribution < -0.4 is 25.8 Å². The summed E-state index contributed by atoms with van der Waals surface area (Å²) in [4.78, 5) is 15.9. The monoisotopic (exact) mass is 561 g/mol. The van der Waals surface area contributed by atoms with Crippen LogP contribution in [0.1, 0.15) is 29.5 Å². The number of hydrogen-bond acceptors (Lipinski definition) is 9. The zero-order valence-corrected chi connectivity index (χ0v) is 23.2. The molecule has 0 unspecified atom stereocenters. The Morgan fingerprint density at radius 2 is 2.08 bits per heavy atom. The summed E-state index contributed by atoms with van der Waals surface area (Å²) >= 11 is 6.87. The van der Waals surface area contributed by atoms with Crippen molar-refractivity contribution >= 4 is 45.5 Å². The molecule has 2 aliphatic heterocycles. The van der Waals surface area contributed by atoms with Crippen LogP contribution in [-0.2, 0) is 12.0 Å². The molecule has 2 aromatic carbocycles. The van der Waals surface area contributed by atoms with E-state index in [0.717, 1.165) is 24.3 Å². The number of pyridine rings is 1. The van der Waals surface area contributed by atoms with Gasteiger partial charge >= 0.3 is 0 Å². The lowest BCUT2D eigenvalue weighted by Crippen LogP contribution is -2.35. The molecular weight excluding hydrogens is 533 g/mol. The molecule has 0 atom stereocenters. The number of methoxy groups -OCH3 is 1. The molecule has 0 saturated heterocycles. The van der Waals surface area contributed by atoms with Crippen molar-refractivity contribution in [2.24, 2.45) is 0 Å². The quantitative estimate of drug-likeness (QED) is 0.282. The molecule has 1 saturated carbocycles. The Balaban J connectivity index is 1.32. The fourth-order valence-electron chi connectivity index (χ4n) is 6.15. The number of nitrogens with one attached hydrogen (secondary N) is 2. The highest BCUT2D eigenvalue weighted by atomic mass is 35.5. The minimum Gasteiger partial charge on any atom is -0.495 e.